The van der Waals surface area contributed by atoms with Gasteiger partial charge in [0.25, 0.3) is 0 Å². The van der Waals surface area contributed by atoms with Crippen LogP contribution in [0.4, 0.5) is 0 Å². The molecule has 1 aromatic carbocycles. The molecule has 2 atom stereocenters. The summed E-state index contributed by atoms with van der Waals surface area (Å²) in [6.45, 7) is 12.7. The van der Waals surface area contributed by atoms with Gasteiger partial charge in [0.2, 0.25) is 0 Å². The summed E-state index contributed by atoms with van der Waals surface area (Å²) in [5.41, 5.74) is 2.90. The topological polar surface area (TPSA) is 15.3 Å². The minimum atomic E-state index is 0.836. The zero-order chi connectivity index (χ0) is 14.4. The second kappa shape index (κ2) is 7.80. The van der Waals surface area contributed by atoms with Gasteiger partial charge in [0, 0.05) is 13.1 Å². The van der Waals surface area contributed by atoms with Crippen molar-refractivity contribution in [3.8, 4) is 0 Å². The van der Waals surface area contributed by atoms with Crippen molar-refractivity contribution in [3.63, 3.8) is 0 Å². The van der Waals surface area contributed by atoms with Crippen LogP contribution in [0.2, 0.25) is 0 Å². The van der Waals surface area contributed by atoms with Gasteiger partial charge in [-0.25, -0.2) is 0 Å². The number of benzene rings is 1. The van der Waals surface area contributed by atoms with E-state index in [1.165, 1.54) is 30.6 Å². The van der Waals surface area contributed by atoms with Gasteiger partial charge < -0.3 is 5.32 Å². The van der Waals surface area contributed by atoms with Gasteiger partial charge in [-0.15, -0.1) is 0 Å². The highest BCUT2D eigenvalue weighted by Gasteiger charge is 2.22. The molecule has 0 spiro atoms. The first kappa shape index (κ1) is 15.5. The number of piperidine rings is 1. The summed E-state index contributed by atoms with van der Waals surface area (Å²) in [5.74, 6) is 1.72. The van der Waals surface area contributed by atoms with Crippen molar-refractivity contribution in [2.24, 2.45) is 11.8 Å². The fourth-order valence-electron chi connectivity index (χ4n) is 2.97. The van der Waals surface area contributed by atoms with Gasteiger partial charge in [0.15, 0.2) is 0 Å². The summed E-state index contributed by atoms with van der Waals surface area (Å²) in [6.07, 6.45) is 2.48. The molecule has 0 amide bonds. The van der Waals surface area contributed by atoms with E-state index in [0.29, 0.717) is 0 Å². The average Bonchev–Trinajstić information content (AvgIpc) is 2.45. The van der Waals surface area contributed by atoms with Gasteiger partial charge in [-0.05, 0) is 55.4 Å². The Morgan fingerprint density at radius 2 is 1.80 bits per heavy atom. The summed E-state index contributed by atoms with van der Waals surface area (Å²) in [4.78, 5) is 2.61. The summed E-state index contributed by atoms with van der Waals surface area (Å²) < 4.78 is 0. The predicted molar refractivity (Wildman–Crippen MR) is 86.9 cm³/mol. The van der Waals surface area contributed by atoms with Crippen molar-refractivity contribution in [1.29, 1.82) is 0 Å². The Morgan fingerprint density at radius 1 is 1.10 bits per heavy atom. The third-order valence-corrected chi connectivity index (χ3v) is 4.69. The summed E-state index contributed by atoms with van der Waals surface area (Å²) in [5, 5.41) is 3.38. The molecule has 0 aliphatic carbocycles. The monoisotopic (exact) mass is 274 g/mol. The lowest BCUT2D eigenvalue weighted by Gasteiger charge is -2.35. The number of likely N-dealkylation sites (tertiary alicyclic amines) is 1. The zero-order valence-corrected chi connectivity index (χ0v) is 13.4. The van der Waals surface area contributed by atoms with Gasteiger partial charge in [0.1, 0.15) is 0 Å². The van der Waals surface area contributed by atoms with E-state index in [0.717, 1.165) is 37.9 Å². The summed E-state index contributed by atoms with van der Waals surface area (Å²) >= 11 is 0. The van der Waals surface area contributed by atoms with Crippen molar-refractivity contribution in [3.05, 3.63) is 35.4 Å². The molecule has 1 aliphatic heterocycles. The van der Waals surface area contributed by atoms with Crippen LogP contribution in [-0.4, -0.2) is 31.1 Å². The van der Waals surface area contributed by atoms with E-state index in [2.05, 4.69) is 55.3 Å². The molecule has 0 aromatic heterocycles. The van der Waals surface area contributed by atoms with E-state index in [-0.39, 0.29) is 0 Å². The van der Waals surface area contributed by atoms with Crippen LogP contribution in [0.5, 0.6) is 0 Å². The van der Waals surface area contributed by atoms with E-state index in [1.54, 1.807) is 0 Å². The van der Waals surface area contributed by atoms with Gasteiger partial charge in [-0.2, -0.15) is 0 Å². The number of hydrogen-bond acceptors (Lipinski definition) is 2. The van der Waals surface area contributed by atoms with Crippen LogP contribution >= 0.6 is 0 Å². The Balaban J connectivity index is 1.81. The molecule has 0 bridgehead atoms. The SMILES string of the molecule is CCNCCc1ccc(CN2CCC(C)C(C)C2)cc1. The number of nitrogens with zero attached hydrogens (tertiary/aromatic N) is 1. The molecule has 20 heavy (non-hydrogen) atoms. The van der Waals surface area contributed by atoms with E-state index in [4.69, 9.17) is 0 Å². The van der Waals surface area contributed by atoms with E-state index in [1.807, 2.05) is 0 Å². The first-order valence-electron chi connectivity index (χ1n) is 8.20. The van der Waals surface area contributed by atoms with Crippen molar-refractivity contribution in [1.82, 2.24) is 10.2 Å². The minimum absolute atomic E-state index is 0.836. The maximum atomic E-state index is 3.38. The second-order valence-electron chi connectivity index (χ2n) is 6.40. The third kappa shape index (κ3) is 4.60. The Morgan fingerprint density at radius 3 is 2.45 bits per heavy atom. The fraction of sp³-hybridized carbons (Fsp3) is 0.667. The molecule has 112 valence electrons. The van der Waals surface area contributed by atoms with E-state index < -0.39 is 0 Å². The lowest BCUT2D eigenvalue weighted by Crippen LogP contribution is -2.37. The van der Waals surface area contributed by atoms with Crippen LogP contribution in [0.1, 0.15) is 38.3 Å². The molecule has 1 fully saturated rings. The van der Waals surface area contributed by atoms with Crippen molar-refractivity contribution >= 4 is 0 Å². The average molecular weight is 274 g/mol. The summed E-state index contributed by atoms with van der Waals surface area (Å²) in [7, 11) is 0. The standard InChI is InChI=1S/C18H30N2/c1-4-19-11-9-17-5-7-18(8-6-17)14-20-12-10-15(2)16(3)13-20/h5-8,15-16,19H,4,9-14H2,1-3H3. The lowest BCUT2D eigenvalue weighted by molar-refractivity contribution is 0.132. The Bertz CT molecular complexity index is 385. The highest BCUT2D eigenvalue weighted by atomic mass is 15.1. The number of likely N-dealkylation sites (N-methyl/N-ethyl adjacent to an activating group) is 1. The Hall–Kier alpha value is -0.860. The highest BCUT2D eigenvalue weighted by Crippen LogP contribution is 2.23. The van der Waals surface area contributed by atoms with Crippen LogP contribution in [0.3, 0.4) is 0 Å². The van der Waals surface area contributed by atoms with Crippen LogP contribution < -0.4 is 5.32 Å². The van der Waals surface area contributed by atoms with E-state index >= 15 is 0 Å². The molecule has 1 aliphatic rings. The van der Waals surface area contributed by atoms with Gasteiger partial charge in [0.05, 0.1) is 0 Å². The molecular weight excluding hydrogens is 244 g/mol. The van der Waals surface area contributed by atoms with Crippen molar-refractivity contribution in [2.45, 2.75) is 40.2 Å². The largest absolute Gasteiger partial charge is 0.317 e. The van der Waals surface area contributed by atoms with Crippen molar-refractivity contribution in [2.75, 3.05) is 26.2 Å². The maximum Gasteiger partial charge on any atom is 0.0233 e. The summed E-state index contributed by atoms with van der Waals surface area (Å²) in [6, 6.07) is 9.21. The highest BCUT2D eigenvalue weighted by molar-refractivity contribution is 5.22. The number of hydrogen-bond donors (Lipinski definition) is 1. The quantitative estimate of drug-likeness (QED) is 0.801. The van der Waals surface area contributed by atoms with Crippen LogP contribution in [0.15, 0.2) is 24.3 Å². The first-order valence-corrected chi connectivity index (χ1v) is 8.20. The zero-order valence-electron chi connectivity index (χ0n) is 13.4. The first-order chi connectivity index (χ1) is 9.69. The molecule has 1 saturated heterocycles. The molecule has 2 heteroatoms. The van der Waals surface area contributed by atoms with Gasteiger partial charge in [-0.1, -0.05) is 45.0 Å². The molecule has 2 rings (SSSR count). The normalized spacial score (nSPS) is 23.9. The number of rotatable bonds is 6. The number of nitrogens with one attached hydrogen (secondary N) is 1. The predicted octanol–water partition coefficient (Wildman–Crippen LogP) is 3.32. The van der Waals surface area contributed by atoms with E-state index in [9.17, 15) is 0 Å². The molecule has 0 radical (unpaired) electrons. The van der Waals surface area contributed by atoms with Gasteiger partial charge >= 0.3 is 0 Å². The minimum Gasteiger partial charge on any atom is -0.317 e. The second-order valence-corrected chi connectivity index (χ2v) is 6.40. The van der Waals surface area contributed by atoms with Gasteiger partial charge in [-0.3, -0.25) is 4.90 Å². The smallest absolute Gasteiger partial charge is 0.0233 e. The molecule has 1 aromatic rings. The van der Waals surface area contributed by atoms with Crippen LogP contribution in [0.25, 0.3) is 0 Å². The Kier molecular flexibility index (Phi) is 6.06. The molecule has 1 N–H and O–H groups in total. The lowest BCUT2D eigenvalue weighted by atomic mass is 9.88. The van der Waals surface area contributed by atoms with Crippen LogP contribution in [-0.2, 0) is 13.0 Å². The molecule has 2 unspecified atom stereocenters. The molecule has 1 heterocycles. The third-order valence-electron chi connectivity index (χ3n) is 4.69. The Labute approximate surface area is 124 Å². The fourth-order valence-corrected chi connectivity index (χ4v) is 2.97. The molecule has 0 saturated carbocycles. The van der Waals surface area contributed by atoms with Crippen molar-refractivity contribution < 1.29 is 0 Å². The molecule has 2 nitrogen and oxygen atoms in total. The molecular formula is C18H30N2. The van der Waals surface area contributed by atoms with Crippen LogP contribution in [0, 0.1) is 11.8 Å². The maximum absolute atomic E-state index is 3.38.